The van der Waals surface area contributed by atoms with Crippen LogP contribution in [0.2, 0.25) is 0 Å². The monoisotopic (exact) mass is 309 g/mol. The van der Waals surface area contributed by atoms with Crippen LogP contribution in [-0.4, -0.2) is 51.1 Å². The quantitative estimate of drug-likeness (QED) is 0.365. The van der Waals surface area contributed by atoms with Crippen molar-refractivity contribution in [2.45, 2.75) is 19.3 Å². The predicted octanol–water partition coefficient (Wildman–Crippen LogP) is -2.74. The number of nitrogens with one attached hydrogen (secondary N) is 2. The molecule has 0 unspecified atom stereocenters. The van der Waals surface area contributed by atoms with Crippen LogP contribution in [-0.2, 0) is 4.84 Å². The number of nitrogen functional groups attached to an aromatic ring is 1. The summed E-state index contributed by atoms with van der Waals surface area (Å²) in [5.41, 5.74) is 7.96. The lowest BCUT2D eigenvalue weighted by Gasteiger charge is -2.26. The van der Waals surface area contributed by atoms with Gasteiger partial charge in [-0.25, -0.2) is 5.01 Å². The van der Waals surface area contributed by atoms with Crippen molar-refractivity contribution in [3.63, 3.8) is 0 Å². The molecule has 2 aliphatic heterocycles. The smallest absolute Gasteiger partial charge is 0.279 e. The van der Waals surface area contributed by atoms with Crippen molar-refractivity contribution in [3.05, 3.63) is 10.4 Å². The molecule has 2 atom stereocenters. The summed E-state index contributed by atoms with van der Waals surface area (Å²) in [6.07, 6.45) is -1.94. The average Bonchev–Trinajstić information content (AvgIpc) is 3.00. The van der Waals surface area contributed by atoms with E-state index in [0.717, 1.165) is 5.28 Å². The number of nitrogens with two attached hydrogens (primary N) is 1. The number of aliphatic hydroxyl groups excluding tert-OH is 2. The molecule has 22 heavy (non-hydrogen) atoms. The number of aliphatic hydroxyl groups is 2. The Morgan fingerprint density at radius 2 is 2.36 bits per heavy atom. The third-order valence-electron chi connectivity index (χ3n) is 3.16. The van der Waals surface area contributed by atoms with Crippen LogP contribution in [0.15, 0.2) is 4.79 Å². The summed E-state index contributed by atoms with van der Waals surface area (Å²) in [6.45, 7) is 1.39. The summed E-state index contributed by atoms with van der Waals surface area (Å²) in [5, 5.41) is 21.4. The third kappa shape index (κ3) is 2.25. The third-order valence-corrected chi connectivity index (χ3v) is 3.16. The van der Waals surface area contributed by atoms with Gasteiger partial charge in [-0.1, -0.05) is 5.92 Å². The normalized spacial score (nSPS) is 24.3. The van der Waals surface area contributed by atoms with E-state index in [4.69, 9.17) is 15.7 Å². The lowest BCUT2D eigenvalue weighted by molar-refractivity contribution is -0.184. The molecule has 3 heterocycles. The van der Waals surface area contributed by atoms with Crippen LogP contribution in [0.3, 0.4) is 0 Å². The second-order valence-corrected chi connectivity index (χ2v) is 4.63. The molecule has 1 saturated heterocycles. The zero-order chi connectivity index (χ0) is 15.9. The van der Waals surface area contributed by atoms with E-state index in [9.17, 15) is 9.90 Å². The van der Waals surface area contributed by atoms with Gasteiger partial charge in [0.25, 0.3) is 5.56 Å². The first-order valence-electron chi connectivity index (χ1n) is 6.44. The standard InChI is InChI=1S/C11H15N7O4/c1-2-3-16-5-17(18-15-9(20)6(4-19)22-18)8-7(16)10(21)14-11(12)13-8/h6,9,15,19-20H,4-5H2,1H3,(H3,12,13,14,21)/t6-,9-/m1/s1. The zero-order valence-electron chi connectivity index (χ0n) is 11.6. The van der Waals surface area contributed by atoms with E-state index < -0.39 is 17.9 Å². The van der Waals surface area contributed by atoms with Gasteiger partial charge in [0, 0.05) is 6.04 Å². The molecule has 1 aromatic rings. The van der Waals surface area contributed by atoms with Crippen LogP contribution in [0.4, 0.5) is 17.5 Å². The van der Waals surface area contributed by atoms with Crippen LogP contribution >= 0.6 is 0 Å². The van der Waals surface area contributed by atoms with Crippen molar-refractivity contribution < 1.29 is 15.1 Å². The maximum atomic E-state index is 12.1. The lowest BCUT2D eigenvalue weighted by Crippen LogP contribution is -2.49. The first kappa shape index (κ1) is 14.6. The Balaban J connectivity index is 1.99. The second kappa shape index (κ2) is 5.44. The molecule has 0 bridgehead atoms. The van der Waals surface area contributed by atoms with E-state index in [0.29, 0.717) is 0 Å². The fraction of sp³-hybridized carbons (Fsp3) is 0.455. The molecule has 2 aliphatic rings. The van der Waals surface area contributed by atoms with E-state index in [1.54, 1.807) is 6.92 Å². The zero-order valence-corrected chi connectivity index (χ0v) is 11.6. The van der Waals surface area contributed by atoms with Gasteiger partial charge in [0.05, 0.1) is 6.61 Å². The highest BCUT2D eigenvalue weighted by molar-refractivity contribution is 5.74. The second-order valence-electron chi connectivity index (χ2n) is 4.63. The van der Waals surface area contributed by atoms with E-state index in [-0.39, 0.29) is 30.7 Å². The van der Waals surface area contributed by atoms with Crippen LogP contribution in [0.5, 0.6) is 0 Å². The van der Waals surface area contributed by atoms with Crippen LogP contribution in [0.25, 0.3) is 0 Å². The predicted molar refractivity (Wildman–Crippen MR) is 75.5 cm³/mol. The molecule has 0 spiro atoms. The number of aromatic amines is 1. The fourth-order valence-electron chi connectivity index (χ4n) is 2.21. The fourth-order valence-corrected chi connectivity index (χ4v) is 2.21. The van der Waals surface area contributed by atoms with Gasteiger partial charge in [0.2, 0.25) is 5.95 Å². The summed E-state index contributed by atoms with van der Waals surface area (Å²) in [5.74, 6) is 2.87. The minimum Gasteiger partial charge on any atom is -0.393 e. The van der Waals surface area contributed by atoms with Gasteiger partial charge >= 0.3 is 0 Å². The SMILES string of the molecule is CC#CN1CN(N2N[C@H](O)[C@@H](CO)O2)c2nc(N)[nH]c(=O)c21. The summed E-state index contributed by atoms with van der Waals surface area (Å²) < 4.78 is 0. The van der Waals surface area contributed by atoms with Crippen molar-refractivity contribution in [1.29, 1.82) is 0 Å². The number of H-pyrrole nitrogens is 1. The van der Waals surface area contributed by atoms with Gasteiger partial charge < -0.3 is 15.9 Å². The highest BCUT2D eigenvalue weighted by atomic mass is 16.8. The van der Waals surface area contributed by atoms with Crippen molar-refractivity contribution in [1.82, 2.24) is 20.7 Å². The van der Waals surface area contributed by atoms with Crippen LogP contribution in [0.1, 0.15) is 6.92 Å². The van der Waals surface area contributed by atoms with Crippen molar-refractivity contribution in [2.75, 3.05) is 28.9 Å². The van der Waals surface area contributed by atoms with E-state index in [1.165, 1.54) is 9.91 Å². The Kier molecular flexibility index (Phi) is 3.61. The Hall–Kier alpha value is -2.36. The number of nitrogens with zero attached hydrogens (tertiary/aromatic N) is 4. The van der Waals surface area contributed by atoms with Gasteiger partial charge in [-0.05, 0) is 12.2 Å². The topological polar surface area (TPSA) is 143 Å². The Morgan fingerprint density at radius 3 is 3.00 bits per heavy atom. The Labute approximate surface area is 124 Å². The number of anilines is 3. The maximum Gasteiger partial charge on any atom is 0.279 e. The minimum atomic E-state index is -1.10. The first-order valence-corrected chi connectivity index (χ1v) is 6.44. The van der Waals surface area contributed by atoms with Gasteiger partial charge in [-0.15, -0.1) is 0 Å². The number of hydrogen-bond acceptors (Lipinski definition) is 10. The summed E-state index contributed by atoms with van der Waals surface area (Å²) in [6, 6.07) is 2.77. The molecular formula is C11H15N7O4. The number of hydrazine groups is 2. The van der Waals surface area contributed by atoms with Gasteiger partial charge in [-0.2, -0.15) is 10.4 Å². The van der Waals surface area contributed by atoms with Crippen molar-refractivity contribution in [2.24, 2.45) is 0 Å². The summed E-state index contributed by atoms with van der Waals surface area (Å²) in [4.78, 5) is 25.4. The molecule has 6 N–H and O–H groups in total. The van der Waals surface area contributed by atoms with Crippen molar-refractivity contribution in [3.8, 4) is 12.0 Å². The molecule has 3 rings (SSSR count). The Bertz CT molecular complexity index is 696. The summed E-state index contributed by atoms with van der Waals surface area (Å²) in [7, 11) is 0. The molecular weight excluding hydrogens is 294 g/mol. The molecule has 1 fully saturated rings. The van der Waals surface area contributed by atoms with E-state index in [1.807, 2.05) is 0 Å². The van der Waals surface area contributed by atoms with Crippen molar-refractivity contribution >= 4 is 17.5 Å². The van der Waals surface area contributed by atoms with Gasteiger partial charge in [0.1, 0.15) is 12.8 Å². The Morgan fingerprint density at radius 1 is 1.59 bits per heavy atom. The molecule has 1 aromatic heterocycles. The largest absolute Gasteiger partial charge is 0.393 e. The highest BCUT2D eigenvalue weighted by Crippen LogP contribution is 2.32. The summed E-state index contributed by atoms with van der Waals surface area (Å²) >= 11 is 0. The maximum absolute atomic E-state index is 12.1. The molecule has 11 heteroatoms. The van der Waals surface area contributed by atoms with E-state index >= 15 is 0 Å². The van der Waals surface area contributed by atoms with Crippen LogP contribution < -0.4 is 26.6 Å². The van der Waals surface area contributed by atoms with Crippen LogP contribution in [0, 0.1) is 12.0 Å². The number of rotatable bonds is 2. The number of fused-ring (bicyclic) bond motifs is 1. The molecule has 0 saturated carbocycles. The molecule has 0 aliphatic carbocycles. The molecule has 0 aromatic carbocycles. The number of hydrogen-bond donors (Lipinski definition) is 5. The number of aromatic nitrogens is 2. The lowest BCUT2D eigenvalue weighted by atomic mass is 10.3. The molecule has 118 valence electrons. The average molecular weight is 309 g/mol. The van der Waals surface area contributed by atoms with Gasteiger partial charge in [0.15, 0.2) is 17.7 Å². The molecule has 11 nitrogen and oxygen atoms in total. The first-order chi connectivity index (χ1) is 10.5. The van der Waals surface area contributed by atoms with Gasteiger partial charge in [-0.3, -0.25) is 19.5 Å². The molecule has 0 radical (unpaired) electrons. The molecule has 0 amide bonds. The van der Waals surface area contributed by atoms with E-state index in [2.05, 4.69) is 27.4 Å². The highest BCUT2D eigenvalue weighted by Gasteiger charge is 2.41. The minimum absolute atomic E-state index is 0.0569.